The molecule has 3 rings (SSSR count). The summed E-state index contributed by atoms with van der Waals surface area (Å²) in [6.07, 6.45) is 3.25. The summed E-state index contributed by atoms with van der Waals surface area (Å²) in [5.74, 6) is 2.53. The van der Waals surface area contributed by atoms with Crippen LogP contribution in [-0.2, 0) is 6.54 Å². The minimum absolute atomic E-state index is 0.529. The molecule has 0 radical (unpaired) electrons. The summed E-state index contributed by atoms with van der Waals surface area (Å²) >= 11 is 0. The summed E-state index contributed by atoms with van der Waals surface area (Å²) in [5.41, 5.74) is 6.99. The molecule has 1 aliphatic heterocycles. The fourth-order valence-corrected chi connectivity index (χ4v) is 3.62. The molecule has 3 unspecified atom stereocenters. The lowest BCUT2D eigenvalue weighted by molar-refractivity contribution is 0.296. The number of hydrogen-bond donors (Lipinski definition) is 1. The number of pyridine rings is 1. The molecule has 1 aliphatic rings. The molecule has 2 N–H and O–H groups in total. The second-order valence-electron chi connectivity index (χ2n) is 6.57. The van der Waals surface area contributed by atoms with E-state index < -0.39 is 0 Å². The summed E-state index contributed by atoms with van der Waals surface area (Å²) in [6.45, 7) is 8.64. The van der Waals surface area contributed by atoms with E-state index in [2.05, 4.69) is 49.9 Å². The normalized spacial score (nSPS) is 26.3. The average molecular weight is 283 g/mol. The van der Waals surface area contributed by atoms with Gasteiger partial charge in [0.25, 0.3) is 0 Å². The van der Waals surface area contributed by atoms with Crippen LogP contribution in [0.5, 0.6) is 0 Å². The van der Waals surface area contributed by atoms with Crippen LogP contribution >= 0.6 is 0 Å². The van der Waals surface area contributed by atoms with Crippen LogP contribution in [0.2, 0.25) is 0 Å². The molecule has 2 heterocycles. The van der Waals surface area contributed by atoms with Crippen molar-refractivity contribution in [3.05, 3.63) is 36.0 Å². The molecular weight excluding hydrogens is 258 g/mol. The minimum Gasteiger partial charge on any atom is -0.353 e. The largest absolute Gasteiger partial charge is 0.353 e. The highest BCUT2D eigenvalue weighted by Gasteiger charge is 2.30. The van der Waals surface area contributed by atoms with Crippen molar-refractivity contribution in [2.45, 2.75) is 39.8 Å². The van der Waals surface area contributed by atoms with Crippen molar-refractivity contribution in [3.63, 3.8) is 0 Å². The lowest BCUT2D eigenvalue weighted by Crippen LogP contribution is -2.46. The van der Waals surface area contributed by atoms with Gasteiger partial charge in [-0.2, -0.15) is 0 Å². The van der Waals surface area contributed by atoms with Crippen molar-refractivity contribution >= 4 is 16.6 Å². The van der Waals surface area contributed by atoms with E-state index in [1.54, 1.807) is 0 Å². The minimum atomic E-state index is 0.529. The number of piperidine rings is 1. The van der Waals surface area contributed by atoms with Crippen molar-refractivity contribution in [1.29, 1.82) is 0 Å². The third kappa shape index (κ3) is 2.51. The Morgan fingerprint density at radius 3 is 2.62 bits per heavy atom. The van der Waals surface area contributed by atoms with Crippen LogP contribution in [0.25, 0.3) is 10.8 Å². The molecule has 0 amide bonds. The number of benzene rings is 1. The number of nitrogens with zero attached hydrogens (tertiary/aromatic N) is 2. The van der Waals surface area contributed by atoms with Gasteiger partial charge in [0.05, 0.1) is 0 Å². The van der Waals surface area contributed by atoms with Crippen LogP contribution in [0.1, 0.15) is 32.8 Å². The molecule has 112 valence electrons. The van der Waals surface area contributed by atoms with Gasteiger partial charge in [-0.1, -0.05) is 38.1 Å². The molecule has 0 spiro atoms. The van der Waals surface area contributed by atoms with Gasteiger partial charge in [-0.15, -0.1) is 0 Å². The van der Waals surface area contributed by atoms with Crippen molar-refractivity contribution in [2.24, 2.45) is 17.6 Å². The highest BCUT2D eigenvalue weighted by atomic mass is 15.2. The summed E-state index contributed by atoms with van der Waals surface area (Å²) < 4.78 is 0. The molecule has 1 saturated heterocycles. The first kappa shape index (κ1) is 14.3. The molecule has 3 heteroatoms. The van der Waals surface area contributed by atoms with E-state index in [1.165, 1.54) is 17.2 Å². The second-order valence-corrected chi connectivity index (χ2v) is 6.57. The van der Waals surface area contributed by atoms with Gasteiger partial charge in [0.2, 0.25) is 0 Å². The Balaban J connectivity index is 2.12. The Hall–Kier alpha value is -1.61. The molecule has 21 heavy (non-hydrogen) atoms. The fraction of sp³-hybridized carbons (Fsp3) is 0.500. The van der Waals surface area contributed by atoms with E-state index in [9.17, 15) is 0 Å². The van der Waals surface area contributed by atoms with E-state index in [0.29, 0.717) is 24.4 Å². The highest BCUT2D eigenvalue weighted by molar-refractivity contribution is 5.94. The first-order valence-corrected chi connectivity index (χ1v) is 7.95. The van der Waals surface area contributed by atoms with E-state index >= 15 is 0 Å². The number of nitrogens with two attached hydrogens (primary N) is 1. The number of anilines is 1. The van der Waals surface area contributed by atoms with Gasteiger partial charge in [0.1, 0.15) is 5.82 Å². The fourth-order valence-electron chi connectivity index (χ4n) is 3.62. The Bertz CT molecular complexity index is 637. The first-order valence-electron chi connectivity index (χ1n) is 7.95. The molecule has 0 aliphatic carbocycles. The molecule has 2 aromatic rings. The van der Waals surface area contributed by atoms with E-state index in [4.69, 9.17) is 10.7 Å². The maximum Gasteiger partial charge on any atom is 0.136 e. The van der Waals surface area contributed by atoms with Crippen LogP contribution < -0.4 is 10.6 Å². The lowest BCUT2D eigenvalue weighted by Gasteiger charge is -2.42. The lowest BCUT2D eigenvalue weighted by atomic mass is 9.85. The van der Waals surface area contributed by atoms with Crippen molar-refractivity contribution < 1.29 is 0 Å². The van der Waals surface area contributed by atoms with Crippen molar-refractivity contribution in [1.82, 2.24) is 4.98 Å². The van der Waals surface area contributed by atoms with Crippen molar-refractivity contribution in [2.75, 3.05) is 11.4 Å². The SMILES string of the molecule is CC1CC(C)C(C)N(c2ncc(CN)c3ccccc23)C1. The number of rotatable bonds is 2. The standard InChI is InChI=1S/C18H25N3/c1-12-8-13(2)14(3)21(11-12)18-17-7-5-4-6-16(17)15(9-19)10-20-18/h4-7,10,12-14H,8-9,11,19H2,1-3H3. The van der Waals surface area contributed by atoms with Crippen molar-refractivity contribution in [3.8, 4) is 0 Å². The third-order valence-electron chi connectivity index (χ3n) is 4.95. The maximum atomic E-state index is 5.86. The number of aromatic nitrogens is 1. The third-order valence-corrected chi connectivity index (χ3v) is 4.95. The van der Waals surface area contributed by atoms with Crippen LogP contribution in [-0.4, -0.2) is 17.6 Å². The summed E-state index contributed by atoms with van der Waals surface area (Å²) in [6, 6.07) is 9.03. The molecule has 3 atom stereocenters. The van der Waals surface area contributed by atoms with Gasteiger partial charge in [0, 0.05) is 30.7 Å². The molecule has 3 nitrogen and oxygen atoms in total. The molecule has 1 aromatic heterocycles. The monoisotopic (exact) mass is 283 g/mol. The van der Waals surface area contributed by atoms with E-state index in [0.717, 1.165) is 17.9 Å². The summed E-state index contributed by atoms with van der Waals surface area (Å²) in [4.78, 5) is 7.25. The number of fused-ring (bicyclic) bond motifs is 1. The topological polar surface area (TPSA) is 42.2 Å². The zero-order chi connectivity index (χ0) is 15.0. The van der Waals surface area contributed by atoms with Crippen LogP contribution in [0.4, 0.5) is 5.82 Å². The van der Waals surface area contributed by atoms with E-state index in [-0.39, 0.29) is 0 Å². The van der Waals surface area contributed by atoms with Gasteiger partial charge in [-0.25, -0.2) is 4.98 Å². The van der Waals surface area contributed by atoms with Crippen LogP contribution in [0.15, 0.2) is 30.5 Å². The average Bonchev–Trinajstić information content (AvgIpc) is 2.50. The van der Waals surface area contributed by atoms with Gasteiger partial charge < -0.3 is 10.6 Å². The Kier molecular flexibility index (Phi) is 3.85. The molecule has 1 aromatic carbocycles. The van der Waals surface area contributed by atoms with Crippen LogP contribution in [0, 0.1) is 11.8 Å². The molecule has 0 bridgehead atoms. The maximum absolute atomic E-state index is 5.86. The first-order chi connectivity index (χ1) is 10.1. The molecular formula is C18H25N3. The summed E-state index contributed by atoms with van der Waals surface area (Å²) in [7, 11) is 0. The number of hydrogen-bond acceptors (Lipinski definition) is 3. The molecule has 0 saturated carbocycles. The second kappa shape index (κ2) is 5.64. The highest BCUT2D eigenvalue weighted by Crippen LogP contribution is 2.34. The Morgan fingerprint density at radius 2 is 1.90 bits per heavy atom. The van der Waals surface area contributed by atoms with Gasteiger partial charge >= 0.3 is 0 Å². The zero-order valence-electron chi connectivity index (χ0n) is 13.2. The van der Waals surface area contributed by atoms with E-state index in [1.807, 2.05) is 6.20 Å². The van der Waals surface area contributed by atoms with Gasteiger partial charge in [-0.3, -0.25) is 0 Å². The van der Waals surface area contributed by atoms with Gasteiger partial charge in [-0.05, 0) is 36.1 Å². The Labute approximate surface area is 127 Å². The summed E-state index contributed by atoms with van der Waals surface area (Å²) in [5, 5.41) is 2.47. The smallest absolute Gasteiger partial charge is 0.136 e. The zero-order valence-corrected chi connectivity index (χ0v) is 13.2. The predicted octanol–water partition coefficient (Wildman–Crippen LogP) is 3.56. The molecule has 1 fully saturated rings. The predicted molar refractivity (Wildman–Crippen MR) is 89.4 cm³/mol. The Morgan fingerprint density at radius 1 is 1.19 bits per heavy atom. The van der Waals surface area contributed by atoms with Crippen LogP contribution in [0.3, 0.4) is 0 Å². The van der Waals surface area contributed by atoms with Gasteiger partial charge in [0.15, 0.2) is 0 Å². The quantitative estimate of drug-likeness (QED) is 0.916.